The van der Waals surface area contributed by atoms with Crippen LogP contribution in [0.15, 0.2) is 9.52 Å². The minimum Gasteiger partial charge on any atom is -0.377 e. The number of nitrogens with one attached hydrogen (secondary N) is 2. The summed E-state index contributed by atoms with van der Waals surface area (Å²) in [5.41, 5.74) is 2.56. The molecule has 2 heterocycles. The Hall–Kier alpha value is -1.56. The molecule has 3 unspecified atom stereocenters. The van der Waals surface area contributed by atoms with Crippen molar-refractivity contribution in [1.29, 1.82) is 0 Å². The lowest BCUT2D eigenvalue weighted by Crippen LogP contribution is -2.69. The van der Waals surface area contributed by atoms with Crippen LogP contribution in [-0.2, 0) is 24.1 Å². The van der Waals surface area contributed by atoms with Gasteiger partial charge in [-0.3, -0.25) is 4.99 Å². The van der Waals surface area contributed by atoms with E-state index in [1.54, 1.807) is 0 Å². The number of aromatic nitrogens is 1. The first-order valence-corrected chi connectivity index (χ1v) is 10.3. The maximum atomic E-state index is 6.09. The number of nitrogens with zero attached hydrogens (tertiary/aromatic N) is 2. The molecule has 0 radical (unpaired) electrons. The smallest absolute Gasteiger partial charge is 0.191 e. The molecule has 1 spiro atoms. The standard InChI is InChI=1S/C20H32N4O2/c1-4-15-14(16(5-2)26-24-15)12-22-19(21-3)23-17-13-8-11-25-18(13)20(17)9-6-7-10-20/h13,17-18H,4-12H2,1-3H3,(H2,21,22,23). The molecular formula is C20H32N4O2. The molecule has 2 aliphatic carbocycles. The summed E-state index contributed by atoms with van der Waals surface area (Å²) in [4.78, 5) is 4.49. The molecule has 0 amide bonds. The van der Waals surface area contributed by atoms with Crippen LogP contribution in [0.1, 0.15) is 63.0 Å². The van der Waals surface area contributed by atoms with Gasteiger partial charge in [-0.1, -0.05) is 31.8 Å². The normalized spacial score (nSPS) is 29.7. The fourth-order valence-electron chi connectivity index (χ4n) is 5.56. The number of hydrogen-bond donors (Lipinski definition) is 2. The zero-order chi connectivity index (χ0) is 18.1. The zero-order valence-corrected chi connectivity index (χ0v) is 16.3. The van der Waals surface area contributed by atoms with Gasteiger partial charge in [0, 0.05) is 49.6 Å². The number of fused-ring (bicyclic) bond motifs is 2. The van der Waals surface area contributed by atoms with E-state index in [4.69, 9.17) is 9.26 Å². The fraction of sp³-hybridized carbons (Fsp3) is 0.800. The van der Waals surface area contributed by atoms with Crippen LogP contribution >= 0.6 is 0 Å². The monoisotopic (exact) mass is 360 g/mol. The van der Waals surface area contributed by atoms with Crippen molar-refractivity contribution in [3.63, 3.8) is 0 Å². The van der Waals surface area contributed by atoms with Gasteiger partial charge in [0.25, 0.3) is 0 Å². The number of aryl methyl sites for hydroxylation is 2. The van der Waals surface area contributed by atoms with Crippen molar-refractivity contribution in [2.75, 3.05) is 13.7 Å². The molecule has 3 atom stereocenters. The minimum atomic E-state index is 0.332. The Morgan fingerprint density at radius 3 is 2.77 bits per heavy atom. The van der Waals surface area contributed by atoms with Gasteiger partial charge in [-0.2, -0.15) is 0 Å². The highest BCUT2D eigenvalue weighted by Crippen LogP contribution is 2.60. The summed E-state index contributed by atoms with van der Waals surface area (Å²) in [6, 6.07) is 0.488. The molecule has 2 N–H and O–H groups in total. The lowest BCUT2D eigenvalue weighted by Gasteiger charge is -2.57. The van der Waals surface area contributed by atoms with Crippen molar-refractivity contribution in [3.8, 4) is 0 Å². The van der Waals surface area contributed by atoms with E-state index in [-0.39, 0.29) is 0 Å². The minimum absolute atomic E-state index is 0.332. The van der Waals surface area contributed by atoms with Crippen LogP contribution in [0.4, 0.5) is 0 Å². The second kappa shape index (κ2) is 7.22. The van der Waals surface area contributed by atoms with E-state index in [9.17, 15) is 0 Å². The van der Waals surface area contributed by atoms with Gasteiger partial charge in [0.15, 0.2) is 5.96 Å². The maximum Gasteiger partial charge on any atom is 0.191 e. The first kappa shape index (κ1) is 17.8. The summed E-state index contributed by atoms with van der Waals surface area (Å²) in [7, 11) is 1.85. The summed E-state index contributed by atoms with van der Waals surface area (Å²) in [5.74, 6) is 2.50. The maximum absolute atomic E-state index is 6.09. The third-order valence-corrected chi connectivity index (χ3v) is 6.84. The molecule has 1 saturated heterocycles. The molecule has 1 aliphatic heterocycles. The lowest BCUT2D eigenvalue weighted by atomic mass is 9.54. The van der Waals surface area contributed by atoms with E-state index in [0.29, 0.717) is 30.0 Å². The summed E-state index contributed by atoms with van der Waals surface area (Å²) in [6.45, 7) is 5.85. The van der Waals surface area contributed by atoms with Gasteiger partial charge in [-0.15, -0.1) is 0 Å². The number of hydrogen-bond acceptors (Lipinski definition) is 4. The van der Waals surface area contributed by atoms with Gasteiger partial charge in [0.2, 0.25) is 0 Å². The average molecular weight is 361 g/mol. The van der Waals surface area contributed by atoms with Gasteiger partial charge in [0.1, 0.15) is 5.76 Å². The molecular weight excluding hydrogens is 328 g/mol. The molecule has 6 nitrogen and oxygen atoms in total. The number of ether oxygens (including phenoxy) is 1. The topological polar surface area (TPSA) is 71.7 Å². The number of aliphatic imine (C=N–C) groups is 1. The summed E-state index contributed by atoms with van der Waals surface area (Å²) in [5, 5.41) is 11.5. The molecule has 3 fully saturated rings. The van der Waals surface area contributed by atoms with Crippen LogP contribution in [0.2, 0.25) is 0 Å². The number of rotatable bonds is 5. The molecule has 4 rings (SSSR count). The SMILES string of the molecule is CCc1noc(CC)c1CNC(=NC)NC1C2CCOC2C12CCCC2. The first-order chi connectivity index (χ1) is 12.7. The highest BCUT2D eigenvalue weighted by Gasteiger charge is 2.65. The largest absolute Gasteiger partial charge is 0.377 e. The second-order valence-electron chi connectivity index (χ2n) is 7.97. The van der Waals surface area contributed by atoms with E-state index < -0.39 is 0 Å². The molecule has 26 heavy (non-hydrogen) atoms. The molecule has 6 heteroatoms. The molecule has 1 aromatic rings. The number of guanidine groups is 1. The Kier molecular flexibility index (Phi) is 4.95. The molecule has 3 aliphatic rings. The van der Waals surface area contributed by atoms with Crippen molar-refractivity contribution in [1.82, 2.24) is 15.8 Å². The zero-order valence-electron chi connectivity index (χ0n) is 16.3. The van der Waals surface area contributed by atoms with E-state index in [0.717, 1.165) is 36.9 Å². The third kappa shape index (κ3) is 2.73. The van der Waals surface area contributed by atoms with Crippen molar-refractivity contribution in [2.24, 2.45) is 16.3 Å². The van der Waals surface area contributed by atoms with Gasteiger partial charge in [-0.25, -0.2) is 0 Å². The van der Waals surface area contributed by atoms with Crippen molar-refractivity contribution in [3.05, 3.63) is 17.0 Å². The van der Waals surface area contributed by atoms with Gasteiger partial charge in [0.05, 0.1) is 11.8 Å². The van der Waals surface area contributed by atoms with Gasteiger partial charge < -0.3 is 19.9 Å². The second-order valence-corrected chi connectivity index (χ2v) is 7.97. The molecule has 0 aromatic carbocycles. The van der Waals surface area contributed by atoms with Crippen molar-refractivity contribution < 1.29 is 9.26 Å². The summed E-state index contributed by atoms with van der Waals surface area (Å²) < 4.78 is 11.6. The molecule has 2 saturated carbocycles. The van der Waals surface area contributed by atoms with E-state index >= 15 is 0 Å². The predicted octanol–water partition coefficient (Wildman–Crippen LogP) is 2.81. The van der Waals surface area contributed by atoms with Crippen molar-refractivity contribution >= 4 is 5.96 Å². The van der Waals surface area contributed by atoms with Crippen LogP contribution in [0.5, 0.6) is 0 Å². The molecule has 0 bridgehead atoms. The van der Waals surface area contributed by atoms with E-state index in [1.165, 1.54) is 37.7 Å². The van der Waals surface area contributed by atoms with Crippen LogP contribution in [0.25, 0.3) is 0 Å². The van der Waals surface area contributed by atoms with E-state index in [1.807, 2.05) is 7.05 Å². The van der Waals surface area contributed by atoms with Gasteiger partial charge in [-0.05, 0) is 25.7 Å². The fourth-order valence-corrected chi connectivity index (χ4v) is 5.56. The van der Waals surface area contributed by atoms with Gasteiger partial charge >= 0.3 is 0 Å². The Balaban J connectivity index is 1.43. The molecule has 1 aromatic heterocycles. The predicted molar refractivity (Wildman–Crippen MR) is 101 cm³/mol. The Labute approximate surface area is 156 Å². The van der Waals surface area contributed by atoms with Crippen LogP contribution in [-0.4, -0.2) is 36.9 Å². The Morgan fingerprint density at radius 2 is 2.08 bits per heavy atom. The van der Waals surface area contributed by atoms with Crippen LogP contribution in [0, 0.1) is 11.3 Å². The Morgan fingerprint density at radius 1 is 1.27 bits per heavy atom. The van der Waals surface area contributed by atoms with Crippen molar-refractivity contribution in [2.45, 2.75) is 77.5 Å². The summed E-state index contributed by atoms with van der Waals surface area (Å²) in [6.07, 6.45) is 8.63. The third-order valence-electron chi connectivity index (χ3n) is 6.84. The average Bonchev–Trinajstić information content (AvgIpc) is 3.39. The van der Waals surface area contributed by atoms with Crippen LogP contribution in [0.3, 0.4) is 0 Å². The first-order valence-electron chi connectivity index (χ1n) is 10.3. The molecule has 144 valence electrons. The lowest BCUT2D eigenvalue weighted by molar-refractivity contribution is -0.125. The summed E-state index contributed by atoms with van der Waals surface area (Å²) >= 11 is 0. The van der Waals surface area contributed by atoms with E-state index in [2.05, 4.69) is 34.6 Å². The quantitative estimate of drug-likeness (QED) is 0.624. The van der Waals surface area contributed by atoms with Crippen LogP contribution < -0.4 is 10.6 Å². The Bertz CT molecular complexity index is 641. The highest BCUT2D eigenvalue weighted by atomic mass is 16.5. The highest BCUT2D eigenvalue weighted by molar-refractivity contribution is 5.80.